The van der Waals surface area contributed by atoms with E-state index in [0.717, 1.165) is 35.1 Å². The van der Waals surface area contributed by atoms with Crippen LogP contribution in [0.1, 0.15) is 68.9 Å². The van der Waals surface area contributed by atoms with Crippen LogP contribution in [0.2, 0.25) is 0 Å². The van der Waals surface area contributed by atoms with E-state index in [2.05, 4.69) is 20.8 Å². The maximum absolute atomic E-state index is 15.0. The lowest BCUT2D eigenvalue weighted by Gasteiger charge is -2.32. The fraction of sp³-hybridized carbons (Fsp3) is 0.406. The molecular weight excluding hydrogens is 483 g/mol. The summed E-state index contributed by atoms with van der Waals surface area (Å²) >= 11 is 0. The molecule has 4 rings (SSSR count). The summed E-state index contributed by atoms with van der Waals surface area (Å²) in [6.07, 6.45) is 1.49. The van der Waals surface area contributed by atoms with E-state index in [4.69, 9.17) is 14.2 Å². The van der Waals surface area contributed by atoms with Gasteiger partial charge in [-0.1, -0.05) is 45.9 Å². The Kier molecular flexibility index (Phi) is 7.84. The molecule has 0 aromatic heterocycles. The SMILES string of the molecule is COc1ccc(F)c(-c2ccc(COc3ccc4c(c3)[C@](C)(CC(=O)O)CC4)cc2[C@H](OC)C(C)(C)C)c1. The van der Waals surface area contributed by atoms with E-state index in [9.17, 15) is 14.3 Å². The molecule has 0 saturated carbocycles. The van der Waals surface area contributed by atoms with Crippen molar-refractivity contribution in [2.75, 3.05) is 14.2 Å². The van der Waals surface area contributed by atoms with Crippen molar-refractivity contribution in [3.63, 3.8) is 0 Å². The van der Waals surface area contributed by atoms with E-state index in [1.807, 2.05) is 43.3 Å². The van der Waals surface area contributed by atoms with Gasteiger partial charge in [-0.2, -0.15) is 0 Å². The largest absolute Gasteiger partial charge is 0.497 e. The second kappa shape index (κ2) is 10.8. The quantitative estimate of drug-likeness (QED) is 0.317. The number of benzene rings is 3. The van der Waals surface area contributed by atoms with Crippen molar-refractivity contribution in [2.45, 2.75) is 65.1 Å². The lowest BCUT2D eigenvalue weighted by atomic mass is 9.81. The van der Waals surface area contributed by atoms with E-state index in [-0.39, 0.29) is 23.8 Å². The number of hydrogen-bond acceptors (Lipinski definition) is 4. The molecule has 3 aromatic rings. The van der Waals surface area contributed by atoms with Crippen LogP contribution >= 0.6 is 0 Å². The lowest BCUT2D eigenvalue weighted by Crippen LogP contribution is -2.22. The Morgan fingerprint density at radius 2 is 1.76 bits per heavy atom. The fourth-order valence-electron chi connectivity index (χ4n) is 5.60. The van der Waals surface area contributed by atoms with Gasteiger partial charge in [0.1, 0.15) is 23.9 Å². The summed E-state index contributed by atoms with van der Waals surface area (Å²) in [7, 11) is 3.23. The van der Waals surface area contributed by atoms with E-state index in [1.54, 1.807) is 26.4 Å². The van der Waals surface area contributed by atoms with Crippen molar-refractivity contribution in [3.05, 3.63) is 82.7 Å². The number of aliphatic carboxylic acids is 1. The summed E-state index contributed by atoms with van der Waals surface area (Å²) in [5.41, 5.74) is 4.59. The van der Waals surface area contributed by atoms with Gasteiger partial charge >= 0.3 is 5.97 Å². The standard InChI is InChI=1S/C32H37FO5/c1-31(2,3)30(37-6)26-15-20(7-11-24(26)25-16-22(36-5)10-12-28(25)33)19-38-23-9-8-21-13-14-32(4,18-29(34)35)27(21)17-23/h7-12,15-17,30H,13-14,18-19H2,1-6H3,(H,34,35)/t30-,32-/m0/s1. The molecule has 0 aliphatic heterocycles. The number of fused-ring (bicyclic) bond motifs is 1. The van der Waals surface area contributed by atoms with Crippen LogP contribution < -0.4 is 9.47 Å². The first-order valence-corrected chi connectivity index (χ1v) is 12.9. The molecule has 6 heteroatoms. The predicted octanol–water partition coefficient (Wildman–Crippen LogP) is 7.49. The average molecular weight is 521 g/mol. The Labute approximate surface area is 224 Å². The number of carboxylic acid groups (broad SMARTS) is 1. The number of carbonyl (C=O) groups is 1. The first-order valence-electron chi connectivity index (χ1n) is 12.9. The van der Waals surface area contributed by atoms with Crippen molar-refractivity contribution in [3.8, 4) is 22.6 Å². The second-order valence-corrected chi connectivity index (χ2v) is 11.5. The smallest absolute Gasteiger partial charge is 0.304 e. The highest BCUT2D eigenvalue weighted by Gasteiger charge is 2.36. The number of ether oxygens (including phenoxy) is 3. The maximum Gasteiger partial charge on any atom is 0.304 e. The van der Waals surface area contributed by atoms with E-state index in [1.165, 1.54) is 11.6 Å². The average Bonchev–Trinajstić information content (AvgIpc) is 3.18. The number of methoxy groups -OCH3 is 2. The fourth-order valence-corrected chi connectivity index (χ4v) is 5.60. The van der Waals surface area contributed by atoms with E-state index < -0.39 is 11.4 Å². The zero-order chi connectivity index (χ0) is 27.7. The third kappa shape index (κ3) is 5.70. The van der Waals surface area contributed by atoms with Crippen LogP contribution in [0.25, 0.3) is 11.1 Å². The first-order chi connectivity index (χ1) is 17.9. The zero-order valence-corrected chi connectivity index (χ0v) is 23.1. The Morgan fingerprint density at radius 1 is 1.03 bits per heavy atom. The number of aryl methyl sites for hydroxylation is 1. The molecule has 3 aromatic carbocycles. The number of rotatable bonds is 9. The van der Waals surface area contributed by atoms with Crippen LogP contribution in [0.15, 0.2) is 54.6 Å². The molecule has 0 spiro atoms. The van der Waals surface area contributed by atoms with Crippen LogP contribution in [0, 0.1) is 11.2 Å². The summed E-state index contributed by atoms with van der Waals surface area (Å²) in [5.74, 6) is 0.155. The third-order valence-electron chi connectivity index (χ3n) is 7.51. The molecule has 0 heterocycles. The van der Waals surface area contributed by atoms with Gasteiger partial charge in [0.05, 0.1) is 19.6 Å². The molecule has 202 valence electrons. The number of carboxylic acids is 1. The molecule has 1 N–H and O–H groups in total. The topological polar surface area (TPSA) is 65.0 Å². The van der Waals surface area contributed by atoms with Gasteiger partial charge in [-0.25, -0.2) is 4.39 Å². The van der Waals surface area contributed by atoms with Gasteiger partial charge in [-0.3, -0.25) is 4.79 Å². The van der Waals surface area contributed by atoms with Crippen LogP contribution in [0.5, 0.6) is 11.5 Å². The molecule has 0 amide bonds. The molecule has 1 aliphatic rings. The number of halogens is 1. The summed E-state index contributed by atoms with van der Waals surface area (Å²) < 4.78 is 32.5. The molecule has 0 fully saturated rings. The van der Waals surface area contributed by atoms with Gasteiger partial charge in [0.2, 0.25) is 0 Å². The minimum Gasteiger partial charge on any atom is -0.497 e. The minimum atomic E-state index is -0.793. The van der Waals surface area contributed by atoms with Crippen LogP contribution in [-0.4, -0.2) is 25.3 Å². The highest BCUT2D eigenvalue weighted by Crippen LogP contribution is 2.44. The van der Waals surface area contributed by atoms with Crippen molar-refractivity contribution in [1.29, 1.82) is 0 Å². The van der Waals surface area contributed by atoms with Crippen molar-refractivity contribution < 1.29 is 28.5 Å². The van der Waals surface area contributed by atoms with Gasteiger partial charge in [-0.05, 0) is 82.5 Å². The first kappa shape index (κ1) is 27.6. The number of hydrogen-bond donors (Lipinski definition) is 1. The lowest BCUT2D eigenvalue weighted by molar-refractivity contribution is -0.138. The third-order valence-corrected chi connectivity index (χ3v) is 7.51. The van der Waals surface area contributed by atoms with Gasteiger partial charge in [0.25, 0.3) is 0 Å². The highest BCUT2D eigenvalue weighted by atomic mass is 19.1. The maximum atomic E-state index is 15.0. The van der Waals surface area contributed by atoms with Crippen LogP contribution in [-0.2, 0) is 28.0 Å². The normalized spacial score (nSPS) is 17.7. The summed E-state index contributed by atoms with van der Waals surface area (Å²) in [4.78, 5) is 11.5. The molecule has 0 radical (unpaired) electrons. The summed E-state index contributed by atoms with van der Waals surface area (Å²) in [5, 5.41) is 9.41. The predicted molar refractivity (Wildman–Crippen MR) is 146 cm³/mol. The molecule has 38 heavy (non-hydrogen) atoms. The molecular formula is C32H37FO5. The molecule has 0 unspecified atom stereocenters. The minimum absolute atomic E-state index is 0.0975. The Balaban J connectivity index is 1.67. The second-order valence-electron chi connectivity index (χ2n) is 11.5. The highest BCUT2D eigenvalue weighted by molar-refractivity contribution is 5.71. The van der Waals surface area contributed by atoms with Crippen LogP contribution in [0.4, 0.5) is 4.39 Å². The van der Waals surface area contributed by atoms with Crippen LogP contribution in [0.3, 0.4) is 0 Å². The van der Waals surface area contributed by atoms with Crippen molar-refractivity contribution in [1.82, 2.24) is 0 Å². The molecule has 2 atom stereocenters. The van der Waals surface area contributed by atoms with Gasteiger partial charge in [-0.15, -0.1) is 0 Å². The Hall–Kier alpha value is -3.38. The van der Waals surface area contributed by atoms with E-state index in [0.29, 0.717) is 23.7 Å². The van der Waals surface area contributed by atoms with Gasteiger partial charge < -0.3 is 19.3 Å². The van der Waals surface area contributed by atoms with Gasteiger partial charge in [0, 0.05) is 18.1 Å². The molecule has 1 aliphatic carbocycles. The Morgan fingerprint density at radius 3 is 2.42 bits per heavy atom. The molecule has 0 saturated heterocycles. The van der Waals surface area contributed by atoms with Crippen molar-refractivity contribution in [2.24, 2.45) is 5.41 Å². The zero-order valence-electron chi connectivity index (χ0n) is 23.1. The molecule has 5 nitrogen and oxygen atoms in total. The van der Waals surface area contributed by atoms with Gasteiger partial charge in [0.15, 0.2) is 0 Å². The molecule has 0 bridgehead atoms. The van der Waals surface area contributed by atoms with Crippen molar-refractivity contribution >= 4 is 5.97 Å². The summed E-state index contributed by atoms with van der Waals surface area (Å²) in [6.45, 7) is 8.60. The summed E-state index contributed by atoms with van der Waals surface area (Å²) in [6, 6.07) is 16.6. The monoisotopic (exact) mass is 520 g/mol. The van der Waals surface area contributed by atoms with E-state index >= 15 is 0 Å². The Bertz CT molecular complexity index is 1330.